The fraction of sp³-hybridized carbons (Fsp3) is 0. The maximum absolute atomic E-state index is 3.63. The summed E-state index contributed by atoms with van der Waals surface area (Å²) < 4.78 is 0. The average molecular weight is 160 g/mol. The first kappa shape index (κ1) is 13.2. The Morgan fingerprint density at radius 1 is 1.10 bits per heavy atom. The summed E-state index contributed by atoms with van der Waals surface area (Å²) in [6.45, 7) is 3.63. The molecule has 0 saturated heterocycles. The molecule has 0 bridgehead atoms. The summed E-state index contributed by atoms with van der Waals surface area (Å²) in [6, 6.07) is 10.0. The van der Waals surface area contributed by atoms with E-state index in [9.17, 15) is 0 Å². The van der Waals surface area contributed by atoms with Gasteiger partial charge >= 0.3 is 51.4 Å². The van der Waals surface area contributed by atoms with Crippen LogP contribution in [0.3, 0.4) is 0 Å². The molecule has 0 radical (unpaired) electrons. The predicted octanol–water partition coefficient (Wildman–Crippen LogP) is -0.843. The molecule has 48 valence electrons. The molecule has 10 heavy (non-hydrogen) atoms. The van der Waals surface area contributed by atoms with E-state index in [1.807, 2.05) is 36.4 Å². The van der Waals surface area contributed by atoms with Crippen molar-refractivity contribution in [1.82, 2.24) is 0 Å². The Morgan fingerprint density at radius 2 is 1.60 bits per heavy atom. The van der Waals surface area contributed by atoms with Crippen LogP contribution in [0.2, 0.25) is 0 Å². The Morgan fingerprint density at radius 3 is 1.90 bits per heavy atom. The van der Waals surface area contributed by atoms with Crippen LogP contribution in [0.5, 0.6) is 0 Å². The van der Waals surface area contributed by atoms with Crippen molar-refractivity contribution >= 4 is 6.08 Å². The molecular weight excluding hydrogens is 151 g/mol. The van der Waals surface area contributed by atoms with Crippen molar-refractivity contribution in [2.24, 2.45) is 0 Å². The molecule has 1 N–H and O–H groups in total. The van der Waals surface area contributed by atoms with Crippen LogP contribution < -0.4 is 51.4 Å². The van der Waals surface area contributed by atoms with E-state index < -0.39 is 0 Å². The molecule has 0 spiro atoms. The van der Waals surface area contributed by atoms with E-state index in [0.29, 0.717) is 0 Å². The summed E-state index contributed by atoms with van der Waals surface area (Å²) in [4.78, 5) is 0. The fourth-order valence-corrected chi connectivity index (χ4v) is 0.589. The minimum atomic E-state index is 0. The summed E-state index contributed by atoms with van der Waals surface area (Å²) in [7, 11) is 0. The van der Waals surface area contributed by atoms with Crippen LogP contribution in [-0.2, 0) is 0 Å². The van der Waals surface area contributed by atoms with Crippen LogP contribution in [0.25, 0.3) is 6.08 Å². The van der Waals surface area contributed by atoms with Gasteiger partial charge in [0, 0.05) is 0 Å². The van der Waals surface area contributed by atoms with E-state index in [4.69, 9.17) is 0 Å². The van der Waals surface area contributed by atoms with E-state index in [1.54, 1.807) is 0 Å². The molecule has 0 aromatic heterocycles. The van der Waals surface area contributed by atoms with Crippen LogP contribution in [0.15, 0.2) is 36.9 Å². The number of hydrogen-bond acceptors (Lipinski definition) is 1. The smallest absolute Gasteiger partial charge is 0.870 e. The van der Waals surface area contributed by atoms with Crippen molar-refractivity contribution in [2.45, 2.75) is 0 Å². The molecule has 0 aliphatic carbocycles. The standard InChI is InChI=1S/C8H8.K.H2O/c1-2-8-6-4-3-5-7-8;;/h2-7H,1H2;;1H2/q;+1;/p-1. The van der Waals surface area contributed by atoms with Gasteiger partial charge in [0.05, 0.1) is 0 Å². The first-order chi connectivity index (χ1) is 3.93. The van der Waals surface area contributed by atoms with Crippen molar-refractivity contribution in [2.75, 3.05) is 0 Å². The summed E-state index contributed by atoms with van der Waals surface area (Å²) >= 11 is 0. The SMILES string of the molecule is C=Cc1ccccc1.[K+].[OH-]. The zero-order chi connectivity index (χ0) is 5.82. The second kappa shape index (κ2) is 7.66. The van der Waals surface area contributed by atoms with E-state index in [-0.39, 0.29) is 56.9 Å². The summed E-state index contributed by atoms with van der Waals surface area (Å²) in [6.07, 6.45) is 1.83. The third kappa shape index (κ3) is 4.38. The minimum absolute atomic E-state index is 0. The first-order valence-electron chi connectivity index (χ1n) is 2.61. The van der Waals surface area contributed by atoms with Crippen LogP contribution in [0, 0.1) is 0 Å². The Labute approximate surface area is 104 Å². The van der Waals surface area contributed by atoms with Crippen molar-refractivity contribution in [3.63, 3.8) is 0 Å². The largest absolute Gasteiger partial charge is 1.00 e. The molecule has 1 aromatic rings. The second-order valence-electron chi connectivity index (χ2n) is 1.61. The van der Waals surface area contributed by atoms with Gasteiger partial charge in [-0.05, 0) is 5.56 Å². The van der Waals surface area contributed by atoms with Gasteiger partial charge in [-0.15, -0.1) is 0 Å². The van der Waals surface area contributed by atoms with Gasteiger partial charge in [-0.25, -0.2) is 0 Å². The minimum Gasteiger partial charge on any atom is -0.870 e. The van der Waals surface area contributed by atoms with Crippen LogP contribution in [-0.4, -0.2) is 5.48 Å². The van der Waals surface area contributed by atoms with Crippen molar-refractivity contribution in [3.8, 4) is 0 Å². The average Bonchev–Trinajstić information content (AvgIpc) is 1.90. The van der Waals surface area contributed by atoms with Gasteiger partial charge in [0.15, 0.2) is 0 Å². The molecule has 0 saturated carbocycles. The van der Waals surface area contributed by atoms with Crippen LogP contribution >= 0.6 is 0 Å². The number of benzene rings is 1. The number of hydrogen-bond donors (Lipinski definition) is 0. The van der Waals surface area contributed by atoms with Crippen molar-refractivity contribution in [1.29, 1.82) is 0 Å². The monoisotopic (exact) mass is 160 g/mol. The summed E-state index contributed by atoms with van der Waals surface area (Å²) in [5.74, 6) is 0. The Kier molecular flexibility index (Phi) is 10.1. The van der Waals surface area contributed by atoms with Gasteiger partial charge in [0.1, 0.15) is 0 Å². The number of rotatable bonds is 1. The van der Waals surface area contributed by atoms with Gasteiger partial charge in [0.25, 0.3) is 0 Å². The van der Waals surface area contributed by atoms with Crippen molar-refractivity contribution < 1.29 is 56.9 Å². The molecule has 2 heteroatoms. The van der Waals surface area contributed by atoms with Crippen LogP contribution in [0.1, 0.15) is 5.56 Å². The summed E-state index contributed by atoms with van der Waals surface area (Å²) in [5.41, 5.74) is 1.17. The normalized spacial score (nSPS) is 6.80. The molecule has 1 nitrogen and oxygen atoms in total. The zero-order valence-electron chi connectivity index (χ0n) is 6.12. The fourth-order valence-electron chi connectivity index (χ4n) is 0.589. The second-order valence-corrected chi connectivity index (χ2v) is 1.61. The molecule has 0 heterocycles. The summed E-state index contributed by atoms with van der Waals surface area (Å²) in [5, 5.41) is 0. The van der Waals surface area contributed by atoms with Crippen LogP contribution in [0.4, 0.5) is 0 Å². The van der Waals surface area contributed by atoms with Crippen molar-refractivity contribution in [3.05, 3.63) is 42.5 Å². The maximum atomic E-state index is 3.63. The van der Waals surface area contributed by atoms with E-state index in [1.165, 1.54) is 5.56 Å². The third-order valence-electron chi connectivity index (χ3n) is 1.04. The van der Waals surface area contributed by atoms with Gasteiger partial charge in [-0.1, -0.05) is 43.0 Å². The predicted molar refractivity (Wildman–Crippen MR) is 38.5 cm³/mol. The van der Waals surface area contributed by atoms with Gasteiger partial charge in [-0.2, -0.15) is 0 Å². The van der Waals surface area contributed by atoms with Gasteiger partial charge in [-0.3, -0.25) is 0 Å². The molecular formula is C8H9KO. The van der Waals surface area contributed by atoms with E-state index >= 15 is 0 Å². The first-order valence-corrected chi connectivity index (χ1v) is 2.61. The van der Waals surface area contributed by atoms with E-state index in [2.05, 4.69) is 6.58 Å². The molecule has 0 amide bonds. The molecule has 1 rings (SSSR count). The molecule has 0 fully saturated rings. The topological polar surface area (TPSA) is 30.0 Å². The molecule has 1 aromatic carbocycles. The molecule has 0 atom stereocenters. The van der Waals surface area contributed by atoms with Gasteiger partial charge < -0.3 is 5.48 Å². The molecule has 0 aliphatic rings. The third-order valence-corrected chi connectivity index (χ3v) is 1.04. The molecule has 0 unspecified atom stereocenters. The Hall–Kier alpha value is 0.556. The Bertz CT molecular complexity index is 172. The maximum Gasteiger partial charge on any atom is 1.00 e. The van der Waals surface area contributed by atoms with E-state index in [0.717, 1.165) is 0 Å². The molecule has 0 aliphatic heterocycles. The quantitative estimate of drug-likeness (QED) is 0.493. The van der Waals surface area contributed by atoms with Gasteiger partial charge in [0.2, 0.25) is 0 Å². The zero-order valence-corrected chi connectivity index (χ0v) is 9.24. The Balaban J connectivity index is 0.